The van der Waals surface area contributed by atoms with Crippen LogP contribution in [0.2, 0.25) is 0 Å². The molecule has 1 aromatic rings. The fraction of sp³-hybridized carbons (Fsp3) is 0.400. The van der Waals surface area contributed by atoms with Gasteiger partial charge in [-0.1, -0.05) is 6.07 Å². The van der Waals surface area contributed by atoms with Gasteiger partial charge in [0, 0.05) is 31.4 Å². The molecule has 0 bridgehead atoms. The summed E-state index contributed by atoms with van der Waals surface area (Å²) in [6.45, 7) is 1.28. The lowest BCUT2D eigenvalue weighted by atomic mass is 9.90. The molecule has 1 aromatic heterocycles. The van der Waals surface area contributed by atoms with Gasteiger partial charge in [0.2, 0.25) is 0 Å². The summed E-state index contributed by atoms with van der Waals surface area (Å²) < 4.78 is 0. The van der Waals surface area contributed by atoms with Crippen LogP contribution < -0.4 is 5.32 Å². The van der Waals surface area contributed by atoms with Crippen LogP contribution in [0.5, 0.6) is 0 Å². The number of hydrogen-bond acceptors (Lipinski definition) is 3. The van der Waals surface area contributed by atoms with Gasteiger partial charge in [-0.2, -0.15) is 0 Å². The highest BCUT2D eigenvalue weighted by molar-refractivity contribution is 5.72. The monoisotopic (exact) mass is 192 g/mol. The molecule has 2 rings (SSSR count). The van der Waals surface area contributed by atoms with E-state index >= 15 is 0 Å². The lowest BCUT2D eigenvalue weighted by molar-refractivity contribution is -0.141. The summed E-state index contributed by atoms with van der Waals surface area (Å²) in [5, 5.41) is 12.1. The van der Waals surface area contributed by atoms with Crippen LogP contribution in [-0.2, 0) is 4.79 Å². The van der Waals surface area contributed by atoms with Gasteiger partial charge >= 0.3 is 5.97 Å². The van der Waals surface area contributed by atoms with Crippen LogP contribution in [0.25, 0.3) is 0 Å². The molecule has 2 atom stereocenters. The number of nitrogens with zero attached hydrogens (tertiary/aromatic N) is 1. The van der Waals surface area contributed by atoms with Crippen LogP contribution in [0.1, 0.15) is 11.5 Å². The summed E-state index contributed by atoms with van der Waals surface area (Å²) in [6.07, 6.45) is 3.44. The zero-order chi connectivity index (χ0) is 9.97. The van der Waals surface area contributed by atoms with Crippen molar-refractivity contribution in [3.8, 4) is 0 Å². The standard InChI is InChI=1S/C10H12N2O2/c13-10(14)9-6-12-5-8(9)7-2-1-3-11-4-7/h1-4,8-9,12H,5-6H2,(H,13,14)/t8-,9+/m0/s1. The van der Waals surface area contributed by atoms with Crippen LogP contribution in [0, 0.1) is 5.92 Å². The number of carboxylic acid groups (broad SMARTS) is 1. The second kappa shape index (κ2) is 3.75. The highest BCUT2D eigenvalue weighted by atomic mass is 16.4. The molecule has 1 fully saturated rings. The number of aliphatic carboxylic acids is 1. The van der Waals surface area contributed by atoms with Crippen LogP contribution in [0.4, 0.5) is 0 Å². The van der Waals surface area contributed by atoms with Crippen LogP contribution in [0.15, 0.2) is 24.5 Å². The molecule has 74 valence electrons. The van der Waals surface area contributed by atoms with E-state index < -0.39 is 5.97 Å². The maximum atomic E-state index is 10.9. The zero-order valence-corrected chi connectivity index (χ0v) is 7.68. The summed E-state index contributed by atoms with van der Waals surface area (Å²) in [5.74, 6) is -0.996. The Morgan fingerprint density at radius 3 is 3.07 bits per heavy atom. The molecule has 0 aromatic carbocycles. The molecule has 4 heteroatoms. The van der Waals surface area contributed by atoms with Crippen molar-refractivity contribution in [2.75, 3.05) is 13.1 Å². The molecular formula is C10H12N2O2. The molecule has 2 heterocycles. The molecule has 1 aliphatic rings. The Hall–Kier alpha value is -1.42. The van der Waals surface area contributed by atoms with Gasteiger partial charge in [0.15, 0.2) is 0 Å². The fourth-order valence-corrected chi connectivity index (χ4v) is 1.88. The Morgan fingerprint density at radius 2 is 2.43 bits per heavy atom. The van der Waals surface area contributed by atoms with Crippen molar-refractivity contribution < 1.29 is 9.90 Å². The Morgan fingerprint density at radius 1 is 1.57 bits per heavy atom. The van der Waals surface area contributed by atoms with E-state index in [-0.39, 0.29) is 11.8 Å². The minimum Gasteiger partial charge on any atom is -0.481 e. The van der Waals surface area contributed by atoms with E-state index in [9.17, 15) is 4.79 Å². The maximum absolute atomic E-state index is 10.9. The Balaban J connectivity index is 2.22. The highest BCUT2D eigenvalue weighted by Gasteiger charge is 2.33. The Labute approximate surface area is 82.0 Å². The third-order valence-corrected chi connectivity index (χ3v) is 2.64. The summed E-state index contributed by atoms with van der Waals surface area (Å²) in [7, 11) is 0. The minimum atomic E-state index is -0.733. The predicted molar refractivity (Wildman–Crippen MR) is 51.0 cm³/mol. The molecule has 0 aliphatic carbocycles. The lowest BCUT2D eigenvalue weighted by Gasteiger charge is -2.13. The van der Waals surface area contributed by atoms with E-state index in [2.05, 4.69) is 10.3 Å². The first kappa shape index (κ1) is 9.15. The second-order valence-corrected chi connectivity index (χ2v) is 3.50. The largest absolute Gasteiger partial charge is 0.481 e. The number of aromatic nitrogens is 1. The summed E-state index contributed by atoms with van der Waals surface area (Å²) in [4.78, 5) is 14.9. The minimum absolute atomic E-state index is 0.0567. The lowest BCUT2D eigenvalue weighted by Crippen LogP contribution is -2.21. The third kappa shape index (κ3) is 1.61. The van der Waals surface area contributed by atoms with Crippen molar-refractivity contribution in [3.63, 3.8) is 0 Å². The molecule has 0 saturated carbocycles. The summed E-state index contributed by atoms with van der Waals surface area (Å²) in [6, 6.07) is 3.77. The average molecular weight is 192 g/mol. The van der Waals surface area contributed by atoms with E-state index in [1.54, 1.807) is 12.4 Å². The van der Waals surface area contributed by atoms with Crippen molar-refractivity contribution in [1.29, 1.82) is 0 Å². The van der Waals surface area contributed by atoms with E-state index in [1.807, 2.05) is 12.1 Å². The number of hydrogen-bond donors (Lipinski definition) is 2. The van der Waals surface area contributed by atoms with Crippen molar-refractivity contribution in [2.24, 2.45) is 5.92 Å². The zero-order valence-electron chi connectivity index (χ0n) is 7.68. The molecule has 4 nitrogen and oxygen atoms in total. The van der Waals surface area contributed by atoms with Crippen molar-refractivity contribution >= 4 is 5.97 Å². The molecule has 0 radical (unpaired) electrons. The Kier molecular flexibility index (Phi) is 2.45. The van der Waals surface area contributed by atoms with Gasteiger partial charge in [-0.15, -0.1) is 0 Å². The second-order valence-electron chi connectivity index (χ2n) is 3.50. The van der Waals surface area contributed by atoms with Crippen LogP contribution in [-0.4, -0.2) is 29.1 Å². The normalized spacial score (nSPS) is 26.3. The molecule has 0 unspecified atom stereocenters. The van der Waals surface area contributed by atoms with E-state index in [1.165, 1.54) is 0 Å². The van der Waals surface area contributed by atoms with Gasteiger partial charge in [-0.05, 0) is 11.6 Å². The SMILES string of the molecule is O=C(O)[C@@H]1CNC[C@H]1c1cccnc1. The number of carbonyl (C=O) groups is 1. The summed E-state index contributed by atoms with van der Waals surface area (Å²) >= 11 is 0. The number of nitrogens with one attached hydrogen (secondary N) is 1. The summed E-state index contributed by atoms with van der Waals surface area (Å²) in [5.41, 5.74) is 1.00. The first-order valence-electron chi connectivity index (χ1n) is 4.62. The molecule has 1 saturated heterocycles. The first-order valence-corrected chi connectivity index (χ1v) is 4.62. The third-order valence-electron chi connectivity index (χ3n) is 2.64. The van der Waals surface area contributed by atoms with Crippen molar-refractivity contribution in [1.82, 2.24) is 10.3 Å². The van der Waals surface area contributed by atoms with Gasteiger partial charge in [0.1, 0.15) is 0 Å². The van der Waals surface area contributed by atoms with E-state index in [4.69, 9.17) is 5.11 Å². The fourth-order valence-electron chi connectivity index (χ4n) is 1.88. The van der Waals surface area contributed by atoms with Crippen molar-refractivity contribution in [3.05, 3.63) is 30.1 Å². The van der Waals surface area contributed by atoms with Crippen LogP contribution in [0.3, 0.4) is 0 Å². The molecule has 0 spiro atoms. The van der Waals surface area contributed by atoms with Crippen molar-refractivity contribution in [2.45, 2.75) is 5.92 Å². The molecular weight excluding hydrogens is 180 g/mol. The maximum Gasteiger partial charge on any atom is 0.308 e. The Bertz CT molecular complexity index is 326. The van der Waals surface area contributed by atoms with Gasteiger partial charge < -0.3 is 10.4 Å². The van der Waals surface area contributed by atoms with Gasteiger partial charge in [-0.3, -0.25) is 9.78 Å². The predicted octanol–water partition coefficient (Wildman–Crippen LogP) is 0.469. The number of rotatable bonds is 2. The molecule has 0 amide bonds. The van der Waals surface area contributed by atoms with E-state index in [0.29, 0.717) is 6.54 Å². The highest BCUT2D eigenvalue weighted by Crippen LogP contribution is 2.27. The average Bonchev–Trinajstić information content (AvgIpc) is 2.67. The first-order chi connectivity index (χ1) is 6.79. The molecule has 2 N–H and O–H groups in total. The van der Waals surface area contributed by atoms with Gasteiger partial charge in [-0.25, -0.2) is 0 Å². The van der Waals surface area contributed by atoms with Crippen LogP contribution >= 0.6 is 0 Å². The van der Waals surface area contributed by atoms with E-state index in [0.717, 1.165) is 12.1 Å². The van der Waals surface area contributed by atoms with Gasteiger partial charge in [0.05, 0.1) is 5.92 Å². The smallest absolute Gasteiger partial charge is 0.308 e. The number of pyridine rings is 1. The topological polar surface area (TPSA) is 62.2 Å². The molecule has 1 aliphatic heterocycles. The quantitative estimate of drug-likeness (QED) is 0.715. The number of carboxylic acids is 1. The molecule has 14 heavy (non-hydrogen) atoms. The van der Waals surface area contributed by atoms with Gasteiger partial charge in [0.25, 0.3) is 0 Å².